The van der Waals surface area contributed by atoms with Gasteiger partial charge < -0.3 is 15.4 Å². The molecule has 2 atom stereocenters. The number of carbonyl (C=O) groups is 1. The molecule has 1 fully saturated rings. The van der Waals surface area contributed by atoms with Gasteiger partial charge in [-0.2, -0.15) is 0 Å². The van der Waals surface area contributed by atoms with E-state index in [9.17, 15) is 4.79 Å². The van der Waals surface area contributed by atoms with Crippen LogP contribution in [0, 0.1) is 5.92 Å². The van der Waals surface area contributed by atoms with Crippen LogP contribution in [0.3, 0.4) is 0 Å². The standard InChI is InChI=1S/C20H26N2O2/c1-14-5-3-4-6-19(14)22-20(23)21-13-15-7-8-17-12-18(24-2)10-9-16(17)11-15/h7-12,14,19H,3-6,13H2,1-2H3,(H2,21,22,23)/t14-,19+/m0/s1. The third-order valence-corrected chi connectivity index (χ3v) is 4.99. The average Bonchev–Trinajstić information content (AvgIpc) is 2.61. The molecule has 0 aromatic heterocycles. The van der Waals surface area contributed by atoms with Crippen molar-refractivity contribution in [3.8, 4) is 5.75 Å². The Kier molecular flexibility index (Phi) is 5.24. The van der Waals surface area contributed by atoms with E-state index in [1.165, 1.54) is 19.3 Å². The molecular weight excluding hydrogens is 300 g/mol. The fourth-order valence-electron chi connectivity index (χ4n) is 3.44. The summed E-state index contributed by atoms with van der Waals surface area (Å²) in [7, 11) is 1.67. The minimum absolute atomic E-state index is 0.0661. The normalized spacial score (nSPS) is 20.6. The number of hydrogen-bond acceptors (Lipinski definition) is 2. The van der Waals surface area contributed by atoms with Gasteiger partial charge in [0.25, 0.3) is 0 Å². The highest BCUT2D eigenvalue weighted by Crippen LogP contribution is 2.24. The van der Waals surface area contributed by atoms with Crippen molar-refractivity contribution in [3.05, 3.63) is 42.0 Å². The Morgan fingerprint density at radius 1 is 1.12 bits per heavy atom. The van der Waals surface area contributed by atoms with Crippen LogP contribution in [-0.4, -0.2) is 19.2 Å². The maximum atomic E-state index is 12.1. The van der Waals surface area contributed by atoms with E-state index < -0.39 is 0 Å². The molecular formula is C20H26N2O2. The van der Waals surface area contributed by atoms with Crippen LogP contribution in [0.4, 0.5) is 4.79 Å². The first-order chi connectivity index (χ1) is 11.7. The Hall–Kier alpha value is -2.23. The van der Waals surface area contributed by atoms with Crippen LogP contribution in [0.2, 0.25) is 0 Å². The lowest BCUT2D eigenvalue weighted by molar-refractivity contribution is 0.221. The molecule has 3 rings (SSSR count). The molecule has 2 aromatic carbocycles. The van der Waals surface area contributed by atoms with Crippen LogP contribution in [0.5, 0.6) is 5.75 Å². The molecule has 1 saturated carbocycles. The number of ether oxygens (including phenoxy) is 1. The van der Waals surface area contributed by atoms with Crippen molar-refractivity contribution in [3.63, 3.8) is 0 Å². The summed E-state index contributed by atoms with van der Waals surface area (Å²) in [4.78, 5) is 12.1. The Balaban J connectivity index is 1.57. The quantitative estimate of drug-likeness (QED) is 0.883. The maximum Gasteiger partial charge on any atom is 0.315 e. The molecule has 2 aromatic rings. The van der Waals surface area contributed by atoms with E-state index in [-0.39, 0.29) is 6.03 Å². The van der Waals surface area contributed by atoms with Crippen molar-refractivity contribution in [1.29, 1.82) is 0 Å². The monoisotopic (exact) mass is 326 g/mol. The van der Waals surface area contributed by atoms with Gasteiger partial charge in [0.2, 0.25) is 0 Å². The van der Waals surface area contributed by atoms with Gasteiger partial charge in [0.05, 0.1) is 7.11 Å². The zero-order chi connectivity index (χ0) is 16.9. The molecule has 128 valence electrons. The van der Waals surface area contributed by atoms with Crippen molar-refractivity contribution in [2.45, 2.75) is 45.2 Å². The van der Waals surface area contributed by atoms with Crippen LogP contribution >= 0.6 is 0 Å². The molecule has 2 N–H and O–H groups in total. The first kappa shape index (κ1) is 16.6. The predicted octanol–water partition coefficient (Wildman–Crippen LogP) is 4.23. The summed E-state index contributed by atoms with van der Waals surface area (Å²) in [6.45, 7) is 2.76. The number of rotatable bonds is 4. The second-order valence-electron chi connectivity index (χ2n) is 6.74. The lowest BCUT2D eigenvalue weighted by atomic mass is 9.86. The number of urea groups is 1. The second-order valence-corrected chi connectivity index (χ2v) is 6.74. The Labute approximate surface area is 143 Å². The van der Waals surface area contributed by atoms with Gasteiger partial charge in [-0.05, 0) is 53.3 Å². The van der Waals surface area contributed by atoms with Crippen molar-refractivity contribution < 1.29 is 9.53 Å². The number of fused-ring (bicyclic) bond motifs is 1. The van der Waals surface area contributed by atoms with E-state index in [1.54, 1.807) is 7.11 Å². The molecule has 1 aliphatic rings. The van der Waals surface area contributed by atoms with Crippen LogP contribution in [0.25, 0.3) is 10.8 Å². The SMILES string of the molecule is COc1ccc2cc(CNC(=O)N[C@@H]3CCCC[C@@H]3C)ccc2c1. The zero-order valence-electron chi connectivity index (χ0n) is 14.5. The topological polar surface area (TPSA) is 50.4 Å². The summed E-state index contributed by atoms with van der Waals surface area (Å²) in [5, 5.41) is 8.39. The van der Waals surface area contributed by atoms with Gasteiger partial charge in [-0.15, -0.1) is 0 Å². The summed E-state index contributed by atoms with van der Waals surface area (Å²) < 4.78 is 5.25. The van der Waals surface area contributed by atoms with Crippen molar-refractivity contribution in [2.75, 3.05) is 7.11 Å². The van der Waals surface area contributed by atoms with Gasteiger partial charge in [-0.3, -0.25) is 0 Å². The smallest absolute Gasteiger partial charge is 0.315 e. The third kappa shape index (κ3) is 3.99. The highest BCUT2D eigenvalue weighted by Gasteiger charge is 2.22. The van der Waals surface area contributed by atoms with Gasteiger partial charge >= 0.3 is 6.03 Å². The highest BCUT2D eigenvalue weighted by atomic mass is 16.5. The molecule has 24 heavy (non-hydrogen) atoms. The second kappa shape index (κ2) is 7.56. The van der Waals surface area contributed by atoms with Gasteiger partial charge in [0.1, 0.15) is 5.75 Å². The van der Waals surface area contributed by atoms with E-state index >= 15 is 0 Å². The third-order valence-electron chi connectivity index (χ3n) is 4.99. The number of amides is 2. The van der Waals surface area contributed by atoms with Gasteiger partial charge in [0.15, 0.2) is 0 Å². The fraction of sp³-hybridized carbons (Fsp3) is 0.450. The molecule has 0 bridgehead atoms. The summed E-state index contributed by atoms with van der Waals surface area (Å²) in [5.41, 5.74) is 1.10. The zero-order valence-corrected chi connectivity index (χ0v) is 14.5. The van der Waals surface area contributed by atoms with Gasteiger partial charge in [-0.1, -0.05) is 38.0 Å². The molecule has 0 unspecified atom stereocenters. The van der Waals surface area contributed by atoms with Crippen LogP contribution in [-0.2, 0) is 6.54 Å². The molecule has 2 amide bonds. The minimum atomic E-state index is -0.0661. The van der Waals surface area contributed by atoms with Crippen molar-refractivity contribution in [2.24, 2.45) is 5.92 Å². The molecule has 0 spiro atoms. The lowest BCUT2D eigenvalue weighted by Gasteiger charge is -2.29. The summed E-state index contributed by atoms with van der Waals surface area (Å²) >= 11 is 0. The van der Waals surface area contributed by atoms with E-state index in [0.29, 0.717) is 18.5 Å². The number of hydrogen-bond donors (Lipinski definition) is 2. The van der Waals surface area contributed by atoms with Gasteiger partial charge in [0, 0.05) is 12.6 Å². The van der Waals surface area contributed by atoms with Crippen LogP contribution in [0.1, 0.15) is 38.2 Å². The van der Waals surface area contributed by atoms with Crippen LogP contribution < -0.4 is 15.4 Å². The molecule has 0 radical (unpaired) electrons. The largest absolute Gasteiger partial charge is 0.497 e. The molecule has 0 heterocycles. The molecule has 0 saturated heterocycles. The first-order valence-corrected chi connectivity index (χ1v) is 8.77. The summed E-state index contributed by atoms with van der Waals surface area (Å²) in [6.07, 6.45) is 4.79. The molecule has 4 heteroatoms. The average molecular weight is 326 g/mol. The molecule has 0 aliphatic heterocycles. The van der Waals surface area contributed by atoms with Gasteiger partial charge in [-0.25, -0.2) is 4.79 Å². The van der Waals surface area contributed by atoms with E-state index in [0.717, 1.165) is 28.5 Å². The Morgan fingerprint density at radius 2 is 1.88 bits per heavy atom. The number of benzene rings is 2. The van der Waals surface area contributed by atoms with Crippen molar-refractivity contribution in [1.82, 2.24) is 10.6 Å². The lowest BCUT2D eigenvalue weighted by Crippen LogP contribution is -2.45. The fourth-order valence-corrected chi connectivity index (χ4v) is 3.44. The Bertz CT molecular complexity index is 714. The summed E-state index contributed by atoms with van der Waals surface area (Å²) in [5.74, 6) is 1.43. The minimum Gasteiger partial charge on any atom is -0.497 e. The molecule has 1 aliphatic carbocycles. The predicted molar refractivity (Wildman–Crippen MR) is 97.3 cm³/mol. The number of carbonyl (C=O) groups excluding carboxylic acids is 1. The molecule has 4 nitrogen and oxygen atoms in total. The van der Waals surface area contributed by atoms with Crippen LogP contribution in [0.15, 0.2) is 36.4 Å². The number of nitrogens with one attached hydrogen (secondary N) is 2. The maximum absolute atomic E-state index is 12.1. The Morgan fingerprint density at radius 3 is 2.67 bits per heavy atom. The first-order valence-electron chi connectivity index (χ1n) is 8.77. The van der Waals surface area contributed by atoms with E-state index in [4.69, 9.17) is 4.74 Å². The van der Waals surface area contributed by atoms with E-state index in [2.05, 4.69) is 29.7 Å². The number of methoxy groups -OCH3 is 1. The summed E-state index contributed by atoms with van der Waals surface area (Å²) in [6, 6.07) is 12.5. The van der Waals surface area contributed by atoms with E-state index in [1.807, 2.05) is 24.3 Å². The van der Waals surface area contributed by atoms with Crippen molar-refractivity contribution >= 4 is 16.8 Å². The highest BCUT2D eigenvalue weighted by molar-refractivity contribution is 5.84.